The third kappa shape index (κ3) is 4.24. The second kappa shape index (κ2) is 6.50. The Bertz CT molecular complexity index is 652. The number of aromatic nitrogens is 2. The summed E-state index contributed by atoms with van der Waals surface area (Å²) in [6, 6.07) is 5.62. The number of benzene rings is 1. The Morgan fingerprint density at radius 2 is 2.09 bits per heavy atom. The maximum absolute atomic E-state index is 12.6. The first-order valence-corrected chi connectivity index (χ1v) is 6.63. The lowest BCUT2D eigenvalue weighted by molar-refractivity contribution is -0.137. The summed E-state index contributed by atoms with van der Waals surface area (Å²) in [4.78, 5) is 11.7. The van der Waals surface area contributed by atoms with Crippen molar-refractivity contribution in [3.05, 3.63) is 47.8 Å². The summed E-state index contributed by atoms with van der Waals surface area (Å²) < 4.78 is 39.4. The molecule has 0 saturated carbocycles. The molecule has 0 fully saturated rings. The van der Waals surface area contributed by atoms with Crippen molar-refractivity contribution in [1.29, 1.82) is 0 Å². The maximum atomic E-state index is 12.6. The molecule has 118 valence electrons. The predicted molar refractivity (Wildman–Crippen MR) is 75.2 cm³/mol. The molecule has 22 heavy (non-hydrogen) atoms. The van der Waals surface area contributed by atoms with Crippen LogP contribution in [0.15, 0.2) is 36.5 Å². The first-order valence-electron chi connectivity index (χ1n) is 6.63. The Morgan fingerprint density at radius 1 is 1.32 bits per heavy atom. The zero-order valence-corrected chi connectivity index (χ0v) is 11.8. The molecule has 1 aromatic carbocycles. The van der Waals surface area contributed by atoms with Gasteiger partial charge in [0.05, 0.1) is 17.8 Å². The van der Waals surface area contributed by atoms with E-state index < -0.39 is 17.8 Å². The summed E-state index contributed by atoms with van der Waals surface area (Å²) in [5.74, 6) is 0. The second-order valence-electron chi connectivity index (χ2n) is 4.55. The number of nitrogens with zero attached hydrogens (tertiary/aromatic N) is 2. The number of hydrogen-bond acceptors (Lipinski definition) is 2. The normalized spacial score (nSPS) is 11.3. The molecule has 0 aliphatic heterocycles. The smallest absolute Gasteiger partial charge is 0.332 e. The molecule has 1 aromatic heterocycles. The Morgan fingerprint density at radius 3 is 2.73 bits per heavy atom. The zero-order chi connectivity index (χ0) is 16.2. The van der Waals surface area contributed by atoms with E-state index in [2.05, 4.69) is 15.7 Å². The van der Waals surface area contributed by atoms with Crippen LogP contribution in [0.25, 0.3) is 0 Å². The number of carbonyl (C=O) groups is 1. The Hall–Kier alpha value is -2.51. The molecule has 0 aliphatic carbocycles. The van der Waals surface area contributed by atoms with Gasteiger partial charge in [0, 0.05) is 18.4 Å². The summed E-state index contributed by atoms with van der Waals surface area (Å²) >= 11 is 0. The van der Waals surface area contributed by atoms with E-state index in [1.165, 1.54) is 12.1 Å². The van der Waals surface area contributed by atoms with Crippen LogP contribution in [-0.4, -0.2) is 15.8 Å². The third-order valence-corrected chi connectivity index (χ3v) is 2.90. The van der Waals surface area contributed by atoms with Gasteiger partial charge < -0.3 is 10.6 Å². The van der Waals surface area contributed by atoms with E-state index in [4.69, 9.17) is 0 Å². The van der Waals surface area contributed by atoms with E-state index in [1.54, 1.807) is 16.9 Å². The van der Waals surface area contributed by atoms with Crippen molar-refractivity contribution < 1.29 is 18.0 Å². The number of nitrogens with one attached hydrogen (secondary N) is 2. The Balaban J connectivity index is 1.92. The quantitative estimate of drug-likeness (QED) is 0.910. The molecule has 2 amide bonds. The predicted octanol–water partition coefficient (Wildman–Crippen LogP) is 3.24. The van der Waals surface area contributed by atoms with Gasteiger partial charge in [-0.05, 0) is 31.2 Å². The second-order valence-corrected chi connectivity index (χ2v) is 4.55. The molecular formula is C14H15F3N4O. The van der Waals surface area contributed by atoms with Gasteiger partial charge in [-0.25, -0.2) is 4.79 Å². The van der Waals surface area contributed by atoms with E-state index in [-0.39, 0.29) is 12.2 Å². The molecule has 0 spiro atoms. The van der Waals surface area contributed by atoms with Crippen molar-refractivity contribution in [2.45, 2.75) is 26.2 Å². The van der Waals surface area contributed by atoms with Gasteiger partial charge in [-0.2, -0.15) is 18.3 Å². The number of halogens is 3. The highest BCUT2D eigenvalue weighted by Crippen LogP contribution is 2.30. The number of carbonyl (C=O) groups excluding carboxylic acids is 1. The monoisotopic (exact) mass is 312 g/mol. The summed E-state index contributed by atoms with van der Waals surface area (Å²) in [5.41, 5.74) is -0.0700. The third-order valence-electron chi connectivity index (χ3n) is 2.90. The summed E-state index contributed by atoms with van der Waals surface area (Å²) in [6.45, 7) is 2.85. The summed E-state index contributed by atoms with van der Waals surface area (Å²) in [5, 5.41) is 9.08. The fourth-order valence-electron chi connectivity index (χ4n) is 1.79. The van der Waals surface area contributed by atoms with Crippen LogP contribution in [0.2, 0.25) is 0 Å². The van der Waals surface area contributed by atoms with Gasteiger partial charge in [0.1, 0.15) is 0 Å². The van der Waals surface area contributed by atoms with E-state index in [9.17, 15) is 18.0 Å². The van der Waals surface area contributed by atoms with Gasteiger partial charge in [-0.1, -0.05) is 6.07 Å². The first kappa shape index (κ1) is 15.9. The molecule has 1 heterocycles. The molecule has 0 radical (unpaired) electrons. The number of rotatable bonds is 4. The lowest BCUT2D eigenvalue weighted by Gasteiger charge is -2.10. The number of aryl methyl sites for hydroxylation is 1. The maximum Gasteiger partial charge on any atom is 0.416 e. The summed E-state index contributed by atoms with van der Waals surface area (Å²) in [7, 11) is 0. The van der Waals surface area contributed by atoms with Gasteiger partial charge in [-0.3, -0.25) is 4.68 Å². The van der Waals surface area contributed by atoms with Crippen LogP contribution in [0.5, 0.6) is 0 Å². The van der Waals surface area contributed by atoms with Gasteiger partial charge in [-0.15, -0.1) is 0 Å². The minimum atomic E-state index is -4.44. The lowest BCUT2D eigenvalue weighted by Crippen LogP contribution is -2.28. The lowest BCUT2D eigenvalue weighted by atomic mass is 10.2. The Kier molecular flexibility index (Phi) is 4.69. The van der Waals surface area contributed by atoms with Crippen LogP contribution in [-0.2, 0) is 19.3 Å². The van der Waals surface area contributed by atoms with Gasteiger partial charge in [0.25, 0.3) is 0 Å². The molecule has 0 bridgehead atoms. The molecule has 5 nitrogen and oxygen atoms in total. The average Bonchev–Trinajstić information content (AvgIpc) is 2.92. The highest BCUT2D eigenvalue weighted by Gasteiger charge is 2.30. The van der Waals surface area contributed by atoms with Crippen molar-refractivity contribution in [3.8, 4) is 0 Å². The number of anilines is 1. The Labute approximate surface area is 125 Å². The van der Waals surface area contributed by atoms with E-state index >= 15 is 0 Å². The van der Waals surface area contributed by atoms with Crippen LogP contribution in [0.4, 0.5) is 23.7 Å². The van der Waals surface area contributed by atoms with Crippen molar-refractivity contribution >= 4 is 11.7 Å². The molecular weight excluding hydrogens is 297 g/mol. The topological polar surface area (TPSA) is 59.0 Å². The molecule has 0 atom stereocenters. The van der Waals surface area contributed by atoms with Crippen molar-refractivity contribution in [1.82, 2.24) is 15.1 Å². The van der Waals surface area contributed by atoms with Crippen LogP contribution in [0.1, 0.15) is 18.2 Å². The number of urea groups is 1. The number of amides is 2. The fraction of sp³-hybridized carbons (Fsp3) is 0.286. The SMILES string of the molecule is CCn1ccc(CNC(=O)Nc2cccc(C(F)(F)F)c2)n1. The van der Waals surface area contributed by atoms with E-state index in [0.717, 1.165) is 18.7 Å². The van der Waals surface area contributed by atoms with Crippen molar-refractivity contribution in [2.24, 2.45) is 0 Å². The fourth-order valence-corrected chi connectivity index (χ4v) is 1.79. The van der Waals surface area contributed by atoms with Crippen LogP contribution >= 0.6 is 0 Å². The van der Waals surface area contributed by atoms with Gasteiger partial charge in [0.2, 0.25) is 0 Å². The van der Waals surface area contributed by atoms with Crippen LogP contribution < -0.4 is 10.6 Å². The standard InChI is InChI=1S/C14H15F3N4O/c1-2-21-7-6-12(20-21)9-18-13(22)19-11-5-3-4-10(8-11)14(15,16)17/h3-8H,2,9H2,1H3,(H2,18,19,22). The van der Waals surface area contributed by atoms with Crippen molar-refractivity contribution in [2.75, 3.05) is 5.32 Å². The number of alkyl halides is 3. The van der Waals surface area contributed by atoms with Crippen LogP contribution in [0, 0.1) is 0 Å². The van der Waals surface area contributed by atoms with Crippen LogP contribution in [0.3, 0.4) is 0 Å². The average molecular weight is 312 g/mol. The molecule has 0 saturated heterocycles. The van der Waals surface area contributed by atoms with Gasteiger partial charge in [0.15, 0.2) is 0 Å². The van der Waals surface area contributed by atoms with Gasteiger partial charge >= 0.3 is 12.2 Å². The van der Waals surface area contributed by atoms with E-state index in [0.29, 0.717) is 5.69 Å². The molecule has 8 heteroatoms. The minimum absolute atomic E-state index is 0.0754. The minimum Gasteiger partial charge on any atom is -0.332 e. The highest BCUT2D eigenvalue weighted by molar-refractivity contribution is 5.89. The number of hydrogen-bond donors (Lipinski definition) is 2. The van der Waals surface area contributed by atoms with Crippen molar-refractivity contribution in [3.63, 3.8) is 0 Å². The molecule has 0 unspecified atom stereocenters. The van der Waals surface area contributed by atoms with E-state index in [1.807, 2.05) is 6.92 Å². The molecule has 2 aromatic rings. The summed E-state index contributed by atoms with van der Waals surface area (Å²) in [6.07, 6.45) is -2.66. The molecule has 2 N–H and O–H groups in total. The molecule has 2 rings (SSSR count). The highest BCUT2D eigenvalue weighted by atomic mass is 19.4. The molecule has 0 aliphatic rings. The first-order chi connectivity index (χ1) is 10.4. The largest absolute Gasteiger partial charge is 0.416 e. The zero-order valence-electron chi connectivity index (χ0n) is 11.8.